The van der Waals surface area contributed by atoms with Gasteiger partial charge in [0.1, 0.15) is 5.78 Å². The van der Waals surface area contributed by atoms with Crippen LogP contribution in [0.5, 0.6) is 0 Å². The van der Waals surface area contributed by atoms with E-state index in [0.717, 1.165) is 32.4 Å². The fraction of sp³-hybridized carbons (Fsp3) is 0.562. The van der Waals surface area contributed by atoms with Crippen LogP contribution in [0.25, 0.3) is 0 Å². The van der Waals surface area contributed by atoms with Gasteiger partial charge in [0.15, 0.2) is 0 Å². The number of hydrogen-bond acceptors (Lipinski definition) is 2. The van der Waals surface area contributed by atoms with Gasteiger partial charge in [0.2, 0.25) is 0 Å². The van der Waals surface area contributed by atoms with Crippen molar-refractivity contribution in [3.05, 3.63) is 34.9 Å². The molecule has 0 aromatic heterocycles. The van der Waals surface area contributed by atoms with E-state index >= 15 is 0 Å². The Morgan fingerprint density at radius 1 is 1.28 bits per heavy atom. The molecule has 0 bridgehead atoms. The minimum absolute atomic E-state index is 0.302. The molecule has 2 rings (SSSR count). The molecule has 98 valence electrons. The van der Waals surface area contributed by atoms with E-state index in [2.05, 4.69) is 37.4 Å². The highest BCUT2D eigenvalue weighted by molar-refractivity contribution is 5.81. The molecule has 1 N–H and O–H groups in total. The van der Waals surface area contributed by atoms with Crippen LogP contribution in [0.1, 0.15) is 36.0 Å². The SMILES string of the molecule is Cc1ccc(C)c(CCC(=O)C2CCNCC2)c1. The first kappa shape index (κ1) is 13.3. The van der Waals surface area contributed by atoms with Gasteiger partial charge in [-0.25, -0.2) is 0 Å². The second-order valence-electron chi connectivity index (χ2n) is 5.42. The summed E-state index contributed by atoms with van der Waals surface area (Å²) in [5, 5.41) is 3.31. The zero-order valence-corrected chi connectivity index (χ0v) is 11.5. The Kier molecular flexibility index (Phi) is 4.54. The number of benzene rings is 1. The maximum absolute atomic E-state index is 12.1. The quantitative estimate of drug-likeness (QED) is 0.883. The van der Waals surface area contributed by atoms with Crippen LogP contribution in [0.2, 0.25) is 0 Å². The molecule has 2 heteroatoms. The number of Topliss-reactive ketones (excluding diaryl/α,β-unsaturated/α-hetero) is 1. The van der Waals surface area contributed by atoms with E-state index in [1.165, 1.54) is 16.7 Å². The van der Waals surface area contributed by atoms with Gasteiger partial charge in [0.25, 0.3) is 0 Å². The summed E-state index contributed by atoms with van der Waals surface area (Å²) in [5.74, 6) is 0.758. The van der Waals surface area contributed by atoms with Crippen LogP contribution in [0.15, 0.2) is 18.2 Å². The van der Waals surface area contributed by atoms with Crippen LogP contribution >= 0.6 is 0 Å². The van der Waals surface area contributed by atoms with Gasteiger partial charge >= 0.3 is 0 Å². The summed E-state index contributed by atoms with van der Waals surface area (Å²) in [6.07, 6.45) is 3.64. The van der Waals surface area contributed by atoms with Gasteiger partial charge in [-0.2, -0.15) is 0 Å². The molecule has 1 aliphatic heterocycles. The van der Waals surface area contributed by atoms with E-state index in [0.29, 0.717) is 18.1 Å². The zero-order chi connectivity index (χ0) is 13.0. The molecule has 2 nitrogen and oxygen atoms in total. The first-order valence-electron chi connectivity index (χ1n) is 6.96. The summed E-state index contributed by atoms with van der Waals surface area (Å²) < 4.78 is 0. The van der Waals surface area contributed by atoms with Crippen molar-refractivity contribution >= 4 is 5.78 Å². The van der Waals surface area contributed by atoms with E-state index in [1.807, 2.05) is 0 Å². The number of rotatable bonds is 4. The largest absolute Gasteiger partial charge is 0.317 e. The third kappa shape index (κ3) is 3.42. The molecule has 0 aliphatic carbocycles. The highest BCUT2D eigenvalue weighted by atomic mass is 16.1. The number of piperidine rings is 1. The van der Waals surface area contributed by atoms with Crippen molar-refractivity contribution in [2.45, 2.75) is 39.5 Å². The van der Waals surface area contributed by atoms with Crippen molar-refractivity contribution in [1.29, 1.82) is 0 Å². The highest BCUT2D eigenvalue weighted by Gasteiger charge is 2.20. The molecule has 1 saturated heterocycles. The predicted molar refractivity (Wildman–Crippen MR) is 74.8 cm³/mol. The first-order valence-corrected chi connectivity index (χ1v) is 6.96. The molecular formula is C16H23NO. The van der Waals surface area contributed by atoms with Gasteiger partial charge in [0.05, 0.1) is 0 Å². The van der Waals surface area contributed by atoms with Crippen molar-refractivity contribution in [1.82, 2.24) is 5.32 Å². The third-order valence-corrected chi connectivity index (χ3v) is 3.94. The second-order valence-corrected chi connectivity index (χ2v) is 5.42. The highest BCUT2D eigenvalue weighted by Crippen LogP contribution is 2.18. The van der Waals surface area contributed by atoms with Crippen LogP contribution in [0, 0.1) is 19.8 Å². The molecule has 1 heterocycles. The standard InChI is InChI=1S/C16H23NO/c1-12-3-4-13(2)15(11-12)5-6-16(18)14-7-9-17-10-8-14/h3-4,11,14,17H,5-10H2,1-2H3. The smallest absolute Gasteiger partial charge is 0.136 e. The van der Waals surface area contributed by atoms with Crippen LogP contribution in [-0.2, 0) is 11.2 Å². The molecule has 0 saturated carbocycles. The lowest BCUT2D eigenvalue weighted by Crippen LogP contribution is -2.31. The minimum atomic E-state index is 0.302. The normalized spacial score (nSPS) is 16.8. The molecule has 0 amide bonds. The first-order chi connectivity index (χ1) is 8.66. The lowest BCUT2D eigenvalue weighted by Gasteiger charge is -2.21. The summed E-state index contributed by atoms with van der Waals surface area (Å²) in [6, 6.07) is 6.50. The summed E-state index contributed by atoms with van der Waals surface area (Å²) >= 11 is 0. The van der Waals surface area contributed by atoms with Gasteiger partial charge in [0, 0.05) is 12.3 Å². The van der Waals surface area contributed by atoms with E-state index < -0.39 is 0 Å². The van der Waals surface area contributed by atoms with Crippen molar-refractivity contribution in [2.75, 3.05) is 13.1 Å². The van der Waals surface area contributed by atoms with Crippen molar-refractivity contribution in [2.24, 2.45) is 5.92 Å². The Morgan fingerprint density at radius 2 is 2.00 bits per heavy atom. The lowest BCUT2D eigenvalue weighted by molar-refractivity contribution is -0.123. The van der Waals surface area contributed by atoms with Gasteiger partial charge < -0.3 is 5.32 Å². The Morgan fingerprint density at radius 3 is 2.72 bits per heavy atom. The number of nitrogens with one attached hydrogen (secondary N) is 1. The summed E-state index contributed by atoms with van der Waals surface area (Å²) in [7, 11) is 0. The molecule has 1 aromatic rings. The average Bonchev–Trinajstić information content (AvgIpc) is 2.40. The van der Waals surface area contributed by atoms with Crippen molar-refractivity contribution in [3.8, 4) is 0 Å². The number of hydrogen-bond donors (Lipinski definition) is 1. The zero-order valence-electron chi connectivity index (χ0n) is 11.5. The lowest BCUT2D eigenvalue weighted by atomic mass is 9.89. The second kappa shape index (κ2) is 6.14. The molecule has 0 spiro atoms. The van der Waals surface area contributed by atoms with Gasteiger partial charge in [-0.15, -0.1) is 0 Å². The maximum atomic E-state index is 12.1. The maximum Gasteiger partial charge on any atom is 0.136 e. The summed E-state index contributed by atoms with van der Waals surface area (Å²) in [6.45, 7) is 6.24. The van der Waals surface area contributed by atoms with E-state index in [9.17, 15) is 4.79 Å². The molecule has 0 radical (unpaired) electrons. The Labute approximate surface area is 110 Å². The Balaban J connectivity index is 1.90. The van der Waals surface area contributed by atoms with E-state index in [1.54, 1.807) is 0 Å². The van der Waals surface area contributed by atoms with Crippen LogP contribution in [0.3, 0.4) is 0 Å². The fourth-order valence-electron chi connectivity index (χ4n) is 2.68. The van der Waals surface area contributed by atoms with Gasteiger partial charge in [-0.3, -0.25) is 4.79 Å². The van der Waals surface area contributed by atoms with Gasteiger partial charge in [-0.1, -0.05) is 23.8 Å². The average molecular weight is 245 g/mol. The predicted octanol–water partition coefficient (Wildman–Crippen LogP) is 2.80. The Hall–Kier alpha value is -1.15. The van der Waals surface area contributed by atoms with E-state index in [4.69, 9.17) is 0 Å². The third-order valence-electron chi connectivity index (χ3n) is 3.94. The molecule has 1 aliphatic rings. The van der Waals surface area contributed by atoms with Crippen molar-refractivity contribution in [3.63, 3.8) is 0 Å². The monoisotopic (exact) mass is 245 g/mol. The van der Waals surface area contributed by atoms with E-state index in [-0.39, 0.29) is 0 Å². The molecule has 0 atom stereocenters. The van der Waals surface area contributed by atoms with Crippen LogP contribution < -0.4 is 5.32 Å². The number of carbonyl (C=O) groups is 1. The summed E-state index contributed by atoms with van der Waals surface area (Å²) in [5.41, 5.74) is 3.92. The topological polar surface area (TPSA) is 29.1 Å². The molecule has 0 unspecified atom stereocenters. The van der Waals surface area contributed by atoms with Crippen molar-refractivity contribution < 1.29 is 4.79 Å². The number of aryl methyl sites for hydroxylation is 3. The molecule has 1 aromatic carbocycles. The molecule has 18 heavy (non-hydrogen) atoms. The Bertz CT molecular complexity index is 419. The van der Waals surface area contributed by atoms with Crippen LogP contribution in [0.4, 0.5) is 0 Å². The minimum Gasteiger partial charge on any atom is -0.317 e. The number of carbonyl (C=O) groups excluding carboxylic acids is 1. The van der Waals surface area contributed by atoms with Crippen LogP contribution in [-0.4, -0.2) is 18.9 Å². The van der Waals surface area contributed by atoms with Gasteiger partial charge in [-0.05, 0) is 57.3 Å². The fourth-order valence-corrected chi connectivity index (χ4v) is 2.68. The molecule has 1 fully saturated rings. The number of ketones is 1. The molecular weight excluding hydrogens is 222 g/mol. The summed E-state index contributed by atoms with van der Waals surface area (Å²) in [4.78, 5) is 12.1.